The number of nitrogens with two attached hydrogens (primary N) is 1. The van der Waals surface area contributed by atoms with Crippen LogP contribution in [0.2, 0.25) is 0 Å². The van der Waals surface area contributed by atoms with Crippen LogP contribution in [0.5, 0.6) is 0 Å². The molecule has 2 aromatic rings. The Labute approximate surface area is 187 Å². The highest BCUT2D eigenvalue weighted by molar-refractivity contribution is 5.76. The minimum Gasteiger partial charge on any atom is -0.343 e. The van der Waals surface area contributed by atoms with Gasteiger partial charge in [-0.05, 0) is 55.2 Å². The fourth-order valence-electron chi connectivity index (χ4n) is 3.70. The summed E-state index contributed by atoms with van der Waals surface area (Å²) in [5, 5.41) is 0. The Morgan fingerprint density at radius 2 is 1.50 bits per heavy atom. The molecule has 1 aliphatic rings. The highest BCUT2D eigenvalue weighted by atomic mass is 19.4. The number of carbonyl (C=O) groups is 2. The Balaban J connectivity index is 0.000000534. The molecule has 0 aliphatic carbocycles. The van der Waals surface area contributed by atoms with E-state index < -0.39 is 12.5 Å². The van der Waals surface area contributed by atoms with Gasteiger partial charge < -0.3 is 10.6 Å². The average Bonchev–Trinajstić information content (AvgIpc) is 2.80. The fraction of sp³-hybridized carbons (Fsp3) is 0.440. The monoisotopic (exact) mass is 448 g/mol. The number of halogens is 3. The van der Waals surface area contributed by atoms with E-state index in [1.54, 1.807) is 0 Å². The van der Waals surface area contributed by atoms with Crippen molar-refractivity contribution in [3.8, 4) is 0 Å². The minimum absolute atomic E-state index is 0.293. The average molecular weight is 449 g/mol. The van der Waals surface area contributed by atoms with Gasteiger partial charge >= 0.3 is 6.18 Å². The Morgan fingerprint density at radius 3 is 2.00 bits per heavy atom. The summed E-state index contributed by atoms with van der Waals surface area (Å²) in [6, 6.07) is 17.1. The van der Waals surface area contributed by atoms with E-state index in [0.717, 1.165) is 44.3 Å². The molecule has 1 heterocycles. The Hall–Kier alpha value is -2.67. The van der Waals surface area contributed by atoms with Gasteiger partial charge in [0, 0.05) is 26.1 Å². The van der Waals surface area contributed by atoms with Gasteiger partial charge in [0.05, 0.1) is 0 Å². The molecule has 4 nitrogen and oxygen atoms in total. The van der Waals surface area contributed by atoms with Crippen molar-refractivity contribution in [1.29, 1.82) is 0 Å². The van der Waals surface area contributed by atoms with Crippen molar-refractivity contribution < 1.29 is 22.8 Å². The lowest BCUT2D eigenvalue weighted by atomic mass is 9.90. The third-order valence-corrected chi connectivity index (χ3v) is 5.63. The topological polar surface area (TPSA) is 63.4 Å². The summed E-state index contributed by atoms with van der Waals surface area (Å²) in [6.07, 6.45) is -0.921. The van der Waals surface area contributed by atoms with E-state index in [2.05, 4.69) is 60.4 Å². The Kier molecular flexibility index (Phi) is 9.91. The van der Waals surface area contributed by atoms with Crippen LogP contribution in [0.25, 0.3) is 0 Å². The number of hydrogen-bond donors (Lipinski definition) is 1. The Morgan fingerprint density at radius 1 is 1.00 bits per heavy atom. The zero-order chi connectivity index (χ0) is 23.6. The lowest BCUT2D eigenvalue weighted by molar-refractivity contribution is -0.156. The van der Waals surface area contributed by atoms with Crippen molar-refractivity contribution in [3.63, 3.8) is 0 Å². The van der Waals surface area contributed by atoms with E-state index in [0.29, 0.717) is 24.8 Å². The van der Waals surface area contributed by atoms with Crippen LogP contribution < -0.4 is 5.73 Å². The molecular weight excluding hydrogens is 417 g/mol. The van der Waals surface area contributed by atoms with Gasteiger partial charge in [0.2, 0.25) is 12.2 Å². The lowest BCUT2D eigenvalue weighted by Gasteiger charge is -2.32. The summed E-state index contributed by atoms with van der Waals surface area (Å²) in [6.45, 7) is 4.50. The summed E-state index contributed by atoms with van der Waals surface area (Å²) in [5.74, 6) is 0.993. The number of hydrogen-bond acceptors (Lipinski definition) is 3. The molecule has 0 saturated carbocycles. The van der Waals surface area contributed by atoms with Gasteiger partial charge in [-0.25, -0.2) is 0 Å². The predicted molar refractivity (Wildman–Crippen MR) is 119 cm³/mol. The summed E-state index contributed by atoms with van der Waals surface area (Å²) >= 11 is 0. The lowest BCUT2D eigenvalue weighted by Crippen LogP contribution is -2.39. The molecular formula is C25H31F3N2O2. The van der Waals surface area contributed by atoms with Crippen LogP contribution in [0.4, 0.5) is 13.2 Å². The zero-order valence-corrected chi connectivity index (χ0v) is 18.4. The second-order valence-corrected chi connectivity index (χ2v) is 8.19. The van der Waals surface area contributed by atoms with Crippen LogP contribution in [-0.4, -0.2) is 36.4 Å². The molecule has 174 valence electrons. The summed E-state index contributed by atoms with van der Waals surface area (Å²) in [7, 11) is 0. The number of piperidine rings is 1. The molecule has 0 atom stereocenters. The van der Waals surface area contributed by atoms with Crippen molar-refractivity contribution in [2.24, 2.45) is 11.7 Å². The minimum atomic E-state index is -4.64. The third-order valence-electron chi connectivity index (χ3n) is 5.63. The van der Waals surface area contributed by atoms with Crippen LogP contribution in [0.3, 0.4) is 0 Å². The molecule has 3 rings (SSSR count). The number of aryl methyl sites for hydroxylation is 2. The van der Waals surface area contributed by atoms with Gasteiger partial charge in [-0.15, -0.1) is 0 Å². The number of benzene rings is 2. The number of rotatable bonds is 6. The number of alkyl halides is 3. The SMILES string of the molecule is Cc1ccc(CC2CCN(C(=O)CCc3ccc(CN)cc3)CC2)cc1.O=CC(F)(F)F. The fourth-order valence-corrected chi connectivity index (χ4v) is 3.70. The van der Waals surface area contributed by atoms with Gasteiger partial charge in [0.1, 0.15) is 0 Å². The first kappa shape index (κ1) is 25.6. The second-order valence-electron chi connectivity index (χ2n) is 8.19. The number of carbonyl (C=O) groups excluding carboxylic acids is 2. The van der Waals surface area contributed by atoms with Crippen LogP contribution in [0.1, 0.15) is 41.5 Å². The van der Waals surface area contributed by atoms with E-state index in [1.807, 2.05) is 0 Å². The molecule has 0 spiro atoms. The van der Waals surface area contributed by atoms with Gasteiger partial charge in [-0.2, -0.15) is 13.2 Å². The smallest absolute Gasteiger partial charge is 0.343 e. The first-order valence-electron chi connectivity index (χ1n) is 10.8. The molecule has 1 aliphatic heterocycles. The molecule has 0 bridgehead atoms. The first-order valence-corrected chi connectivity index (χ1v) is 10.8. The number of amides is 1. The highest BCUT2D eigenvalue weighted by Gasteiger charge is 2.25. The summed E-state index contributed by atoms with van der Waals surface area (Å²) in [5.41, 5.74) is 10.7. The van der Waals surface area contributed by atoms with E-state index >= 15 is 0 Å². The van der Waals surface area contributed by atoms with Crippen molar-refractivity contribution in [2.75, 3.05) is 13.1 Å². The van der Waals surface area contributed by atoms with Crippen LogP contribution >= 0.6 is 0 Å². The predicted octanol–water partition coefficient (Wildman–Crippen LogP) is 4.62. The molecule has 7 heteroatoms. The molecule has 0 radical (unpaired) electrons. The zero-order valence-electron chi connectivity index (χ0n) is 18.4. The highest BCUT2D eigenvalue weighted by Crippen LogP contribution is 2.22. The number of aldehydes is 1. The molecule has 2 aromatic carbocycles. The maximum Gasteiger partial charge on any atom is 0.446 e. The van der Waals surface area contributed by atoms with Crippen molar-refractivity contribution >= 4 is 12.2 Å². The van der Waals surface area contributed by atoms with E-state index in [1.165, 1.54) is 16.7 Å². The van der Waals surface area contributed by atoms with Gasteiger partial charge in [0.25, 0.3) is 0 Å². The van der Waals surface area contributed by atoms with E-state index in [-0.39, 0.29) is 0 Å². The molecule has 32 heavy (non-hydrogen) atoms. The van der Waals surface area contributed by atoms with Crippen LogP contribution in [-0.2, 0) is 29.0 Å². The molecule has 0 unspecified atom stereocenters. The van der Waals surface area contributed by atoms with Crippen LogP contribution in [0, 0.1) is 12.8 Å². The van der Waals surface area contributed by atoms with Crippen molar-refractivity contribution in [3.05, 3.63) is 70.8 Å². The van der Waals surface area contributed by atoms with Gasteiger partial charge in [0.15, 0.2) is 0 Å². The first-order chi connectivity index (χ1) is 15.2. The largest absolute Gasteiger partial charge is 0.446 e. The van der Waals surface area contributed by atoms with Crippen molar-refractivity contribution in [2.45, 2.75) is 51.7 Å². The van der Waals surface area contributed by atoms with E-state index in [9.17, 15) is 18.0 Å². The van der Waals surface area contributed by atoms with E-state index in [4.69, 9.17) is 10.5 Å². The molecule has 2 N–H and O–H groups in total. The normalized spacial score (nSPS) is 14.5. The summed E-state index contributed by atoms with van der Waals surface area (Å²) in [4.78, 5) is 23.3. The number of nitrogens with zero attached hydrogens (tertiary/aromatic N) is 1. The maximum atomic E-state index is 12.5. The standard InChI is InChI=1S/C23H30N2O.C2HF3O/c1-18-2-4-20(5-3-18)16-21-12-14-25(15-13-21)23(26)11-10-19-6-8-22(17-24)9-7-19;3-2(4,5)1-6/h2-9,21H,10-17,24H2,1H3;1H. The molecule has 1 fully saturated rings. The van der Waals surface area contributed by atoms with Crippen molar-refractivity contribution in [1.82, 2.24) is 4.90 Å². The quantitative estimate of drug-likeness (QED) is 0.656. The second kappa shape index (κ2) is 12.4. The molecule has 1 amide bonds. The molecule has 0 aromatic heterocycles. The van der Waals surface area contributed by atoms with Crippen LogP contribution in [0.15, 0.2) is 48.5 Å². The summed E-state index contributed by atoms with van der Waals surface area (Å²) < 4.78 is 31.2. The molecule has 1 saturated heterocycles. The van der Waals surface area contributed by atoms with Gasteiger partial charge in [-0.1, -0.05) is 54.1 Å². The van der Waals surface area contributed by atoms with Gasteiger partial charge in [-0.3, -0.25) is 9.59 Å². The maximum absolute atomic E-state index is 12.5. The number of likely N-dealkylation sites (tertiary alicyclic amines) is 1. The Bertz CT molecular complexity index is 841. The third kappa shape index (κ3) is 9.22.